The van der Waals surface area contributed by atoms with Crippen LogP contribution in [0.15, 0.2) is 18.3 Å². The Hall–Kier alpha value is -1.42. The number of rotatable bonds is 3. The molecular formula is C12H17N3O. The lowest BCUT2D eigenvalue weighted by Gasteiger charge is -2.28. The van der Waals surface area contributed by atoms with Crippen LogP contribution in [0, 0.1) is 0 Å². The van der Waals surface area contributed by atoms with Crippen molar-refractivity contribution >= 4 is 5.91 Å². The van der Waals surface area contributed by atoms with E-state index in [0.717, 1.165) is 25.2 Å². The van der Waals surface area contributed by atoms with Crippen molar-refractivity contribution in [2.24, 2.45) is 0 Å². The molecule has 1 aliphatic heterocycles. The highest BCUT2D eigenvalue weighted by Crippen LogP contribution is 2.15. The Bertz CT molecular complexity index is 378. The van der Waals surface area contributed by atoms with Crippen molar-refractivity contribution in [3.63, 3.8) is 0 Å². The van der Waals surface area contributed by atoms with E-state index in [2.05, 4.69) is 16.4 Å². The van der Waals surface area contributed by atoms with E-state index >= 15 is 0 Å². The van der Waals surface area contributed by atoms with Crippen LogP contribution in [-0.4, -0.2) is 35.4 Å². The molecule has 16 heavy (non-hydrogen) atoms. The standard InChI is InChI=1S/C12H17N3O/c1-2-13-8-12(16)15-7-5-11-10(9-15)4-3-6-14-11/h3-4,6,13H,2,5,7-9H2,1H3. The van der Waals surface area contributed by atoms with E-state index < -0.39 is 0 Å². The highest BCUT2D eigenvalue weighted by molar-refractivity contribution is 5.78. The zero-order chi connectivity index (χ0) is 11.4. The molecule has 86 valence electrons. The fourth-order valence-corrected chi connectivity index (χ4v) is 1.92. The first kappa shape index (κ1) is 11.1. The maximum atomic E-state index is 11.8. The van der Waals surface area contributed by atoms with Gasteiger partial charge in [0.1, 0.15) is 0 Å². The molecule has 4 nitrogen and oxygen atoms in total. The zero-order valence-corrected chi connectivity index (χ0v) is 9.57. The molecule has 0 unspecified atom stereocenters. The van der Waals surface area contributed by atoms with Gasteiger partial charge in [-0.1, -0.05) is 13.0 Å². The van der Waals surface area contributed by atoms with Gasteiger partial charge in [-0.2, -0.15) is 0 Å². The Kier molecular flexibility index (Phi) is 3.51. The smallest absolute Gasteiger partial charge is 0.236 e. The van der Waals surface area contributed by atoms with Gasteiger partial charge in [0.25, 0.3) is 0 Å². The first-order valence-corrected chi connectivity index (χ1v) is 5.72. The minimum Gasteiger partial charge on any atom is -0.337 e. The largest absolute Gasteiger partial charge is 0.337 e. The van der Waals surface area contributed by atoms with Gasteiger partial charge >= 0.3 is 0 Å². The molecule has 0 spiro atoms. The topological polar surface area (TPSA) is 45.2 Å². The molecule has 0 saturated carbocycles. The molecule has 1 aliphatic rings. The van der Waals surface area contributed by atoms with Gasteiger partial charge in [0, 0.05) is 31.4 Å². The minimum absolute atomic E-state index is 0.177. The van der Waals surface area contributed by atoms with Gasteiger partial charge in [-0.15, -0.1) is 0 Å². The van der Waals surface area contributed by atoms with Crippen molar-refractivity contribution < 1.29 is 4.79 Å². The van der Waals surface area contributed by atoms with E-state index in [1.54, 1.807) is 0 Å². The van der Waals surface area contributed by atoms with E-state index in [4.69, 9.17) is 0 Å². The first-order chi connectivity index (χ1) is 7.81. The molecule has 4 heteroatoms. The van der Waals surface area contributed by atoms with Crippen molar-refractivity contribution in [1.29, 1.82) is 0 Å². The maximum Gasteiger partial charge on any atom is 0.236 e. The van der Waals surface area contributed by atoms with Crippen molar-refractivity contribution in [1.82, 2.24) is 15.2 Å². The number of pyridine rings is 1. The van der Waals surface area contributed by atoms with Gasteiger partial charge in [-0.3, -0.25) is 9.78 Å². The van der Waals surface area contributed by atoms with Crippen molar-refractivity contribution in [2.75, 3.05) is 19.6 Å². The summed E-state index contributed by atoms with van der Waals surface area (Å²) >= 11 is 0. The fourth-order valence-electron chi connectivity index (χ4n) is 1.92. The molecule has 2 heterocycles. The van der Waals surface area contributed by atoms with Crippen LogP contribution in [0.3, 0.4) is 0 Å². The second-order valence-corrected chi connectivity index (χ2v) is 3.95. The quantitative estimate of drug-likeness (QED) is 0.808. The highest BCUT2D eigenvalue weighted by Gasteiger charge is 2.20. The number of aromatic nitrogens is 1. The Morgan fingerprint density at radius 2 is 2.50 bits per heavy atom. The number of carbonyl (C=O) groups excluding carboxylic acids is 1. The first-order valence-electron chi connectivity index (χ1n) is 5.72. The summed E-state index contributed by atoms with van der Waals surface area (Å²) in [6.07, 6.45) is 2.68. The summed E-state index contributed by atoms with van der Waals surface area (Å²) in [5.41, 5.74) is 2.31. The number of fused-ring (bicyclic) bond motifs is 1. The van der Waals surface area contributed by atoms with E-state index in [1.165, 1.54) is 5.56 Å². The van der Waals surface area contributed by atoms with Crippen LogP contribution in [0.4, 0.5) is 0 Å². The second kappa shape index (κ2) is 5.07. The molecule has 0 radical (unpaired) electrons. The van der Waals surface area contributed by atoms with Gasteiger partial charge in [0.05, 0.1) is 6.54 Å². The predicted molar refractivity (Wildman–Crippen MR) is 61.9 cm³/mol. The Morgan fingerprint density at radius 3 is 3.31 bits per heavy atom. The molecule has 0 aromatic carbocycles. The normalized spacial score (nSPS) is 14.7. The molecule has 0 fully saturated rings. The summed E-state index contributed by atoms with van der Waals surface area (Å²) in [5, 5.41) is 3.06. The monoisotopic (exact) mass is 219 g/mol. The van der Waals surface area contributed by atoms with Crippen LogP contribution in [-0.2, 0) is 17.8 Å². The van der Waals surface area contributed by atoms with Crippen LogP contribution in [0.25, 0.3) is 0 Å². The lowest BCUT2D eigenvalue weighted by Crippen LogP contribution is -2.41. The number of likely N-dealkylation sites (N-methyl/N-ethyl adjacent to an activating group) is 1. The second-order valence-electron chi connectivity index (χ2n) is 3.95. The van der Waals surface area contributed by atoms with E-state index in [-0.39, 0.29) is 5.91 Å². The summed E-state index contributed by atoms with van der Waals surface area (Å²) in [5.74, 6) is 0.177. The number of amides is 1. The highest BCUT2D eigenvalue weighted by atomic mass is 16.2. The van der Waals surface area contributed by atoms with Gasteiger partial charge < -0.3 is 10.2 Å². The molecule has 0 aliphatic carbocycles. The lowest BCUT2D eigenvalue weighted by atomic mass is 10.1. The summed E-state index contributed by atoms with van der Waals surface area (Å²) < 4.78 is 0. The van der Waals surface area contributed by atoms with E-state index in [9.17, 15) is 4.79 Å². The molecule has 0 bridgehead atoms. The molecule has 0 atom stereocenters. The number of hydrogen-bond donors (Lipinski definition) is 1. The lowest BCUT2D eigenvalue weighted by molar-refractivity contribution is -0.131. The third-order valence-corrected chi connectivity index (χ3v) is 2.84. The maximum absolute atomic E-state index is 11.8. The van der Waals surface area contributed by atoms with Gasteiger partial charge in [0.2, 0.25) is 5.91 Å². The van der Waals surface area contributed by atoms with E-state index in [0.29, 0.717) is 13.1 Å². The van der Waals surface area contributed by atoms with Gasteiger partial charge in [-0.05, 0) is 18.2 Å². The number of hydrogen-bond acceptors (Lipinski definition) is 3. The summed E-state index contributed by atoms with van der Waals surface area (Å²) in [4.78, 5) is 18.0. The molecule has 1 aromatic heterocycles. The van der Waals surface area contributed by atoms with Gasteiger partial charge in [0.15, 0.2) is 0 Å². The average molecular weight is 219 g/mol. The summed E-state index contributed by atoms with van der Waals surface area (Å²) in [6, 6.07) is 3.98. The number of nitrogens with one attached hydrogen (secondary N) is 1. The SMILES string of the molecule is CCNCC(=O)N1CCc2ncccc2C1. The van der Waals surface area contributed by atoms with Crippen molar-refractivity contribution in [3.05, 3.63) is 29.6 Å². The predicted octanol–water partition coefficient (Wildman–Crippen LogP) is 0.576. The zero-order valence-electron chi connectivity index (χ0n) is 9.57. The van der Waals surface area contributed by atoms with Crippen LogP contribution in [0.5, 0.6) is 0 Å². The third-order valence-electron chi connectivity index (χ3n) is 2.84. The van der Waals surface area contributed by atoms with Crippen LogP contribution in [0.1, 0.15) is 18.2 Å². The molecule has 1 amide bonds. The Balaban J connectivity index is 1.99. The minimum atomic E-state index is 0.177. The average Bonchev–Trinajstić information content (AvgIpc) is 2.35. The van der Waals surface area contributed by atoms with Gasteiger partial charge in [-0.25, -0.2) is 0 Å². The molecule has 0 saturated heterocycles. The van der Waals surface area contributed by atoms with Crippen molar-refractivity contribution in [2.45, 2.75) is 19.9 Å². The fraction of sp³-hybridized carbons (Fsp3) is 0.500. The molecular weight excluding hydrogens is 202 g/mol. The summed E-state index contributed by atoms with van der Waals surface area (Å²) in [7, 11) is 0. The Morgan fingerprint density at radius 1 is 1.62 bits per heavy atom. The molecule has 2 rings (SSSR count). The summed E-state index contributed by atoms with van der Waals surface area (Å²) in [6.45, 7) is 4.76. The van der Waals surface area contributed by atoms with Crippen molar-refractivity contribution in [3.8, 4) is 0 Å². The third kappa shape index (κ3) is 2.39. The van der Waals surface area contributed by atoms with Crippen LogP contribution >= 0.6 is 0 Å². The van der Waals surface area contributed by atoms with E-state index in [1.807, 2.05) is 24.1 Å². The molecule has 1 aromatic rings. The Labute approximate surface area is 95.7 Å². The number of nitrogens with zero attached hydrogens (tertiary/aromatic N) is 2. The van der Waals surface area contributed by atoms with Crippen LogP contribution in [0.2, 0.25) is 0 Å². The number of carbonyl (C=O) groups is 1. The molecule has 1 N–H and O–H groups in total. The van der Waals surface area contributed by atoms with Crippen LogP contribution < -0.4 is 5.32 Å².